The quantitative estimate of drug-likeness (QED) is 0.599. The normalized spacial score (nSPS) is 10.9. The average Bonchev–Trinajstić information content (AvgIpc) is 2.57. The molecule has 2 aromatic carbocycles. The zero-order valence-corrected chi connectivity index (χ0v) is 13.6. The number of anilines is 1. The van der Waals surface area contributed by atoms with Gasteiger partial charge >= 0.3 is 6.61 Å². The number of halogens is 3. The molecule has 1 N–H and O–H groups in total. The van der Waals surface area contributed by atoms with Crippen LogP contribution in [0, 0.1) is 0 Å². The Morgan fingerprint density at radius 1 is 1.36 bits per heavy atom. The van der Waals surface area contributed by atoms with Crippen molar-refractivity contribution in [3.8, 4) is 11.5 Å². The van der Waals surface area contributed by atoms with Crippen LogP contribution in [0.1, 0.15) is 15.9 Å². The second kappa shape index (κ2) is 8.29. The van der Waals surface area contributed by atoms with Gasteiger partial charge < -0.3 is 19.4 Å². The number of carboxylic acids is 1. The topological polar surface area (TPSA) is 83.0 Å². The summed E-state index contributed by atoms with van der Waals surface area (Å²) in [5.41, 5.74) is 2.87. The van der Waals surface area contributed by atoms with Crippen molar-refractivity contribution < 1.29 is 28.2 Å². The molecule has 0 heterocycles. The van der Waals surface area contributed by atoms with Crippen molar-refractivity contribution in [1.29, 1.82) is 0 Å². The molecule has 25 heavy (non-hydrogen) atoms. The molecule has 2 aromatic rings. The number of ether oxygens (including phenoxy) is 2. The Morgan fingerprint density at radius 3 is 2.76 bits per heavy atom. The molecule has 0 spiro atoms. The smallest absolute Gasteiger partial charge is 0.387 e. The molecule has 0 atom stereocenters. The Balaban J connectivity index is 2.25. The molecule has 0 bridgehead atoms. The van der Waals surface area contributed by atoms with Crippen molar-refractivity contribution in [1.82, 2.24) is 0 Å². The molecule has 0 radical (unpaired) electrons. The number of hydrogen-bond donors (Lipinski definition) is 1. The van der Waals surface area contributed by atoms with Crippen LogP contribution < -0.4 is 20.0 Å². The lowest BCUT2D eigenvalue weighted by molar-refractivity contribution is -0.255. The first-order valence-corrected chi connectivity index (χ1v) is 7.22. The molecular formula is C16H12ClF2N2O4-. The van der Waals surface area contributed by atoms with Crippen molar-refractivity contribution in [2.45, 2.75) is 6.61 Å². The third-order valence-corrected chi connectivity index (χ3v) is 3.36. The first-order valence-electron chi connectivity index (χ1n) is 6.84. The minimum absolute atomic E-state index is 0.0924. The maximum absolute atomic E-state index is 12.6. The summed E-state index contributed by atoms with van der Waals surface area (Å²) < 4.78 is 34.6. The second-order valence-corrected chi connectivity index (χ2v) is 5.02. The number of nitrogens with zero attached hydrogens (tertiary/aromatic N) is 1. The van der Waals surface area contributed by atoms with Gasteiger partial charge in [0.1, 0.15) is 0 Å². The monoisotopic (exact) mass is 369 g/mol. The molecule has 9 heteroatoms. The first-order chi connectivity index (χ1) is 11.9. The van der Waals surface area contributed by atoms with Crippen LogP contribution in [0.5, 0.6) is 11.5 Å². The van der Waals surface area contributed by atoms with E-state index in [1.54, 1.807) is 6.07 Å². The molecule has 6 nitrogen and oxygen atoms in total. The molecule has 0 aliphatic rings. The molecule has 0 aromatic heterocycles. The van der Waals surface area contributed by atoms with Crippen LogP contribution in [0.3, 0.4) is 0 Å². The lowest BCUT2D eigenvalue weighted by Gasteiger charge is -2.12. The van der Waals surface area contributed by atoms with Crippen LogP contribution in [-0.4, -0.2) is 25.9 Å². The number of alkyl halides is 2. The maximum atomic E-state index is 12.6. The van der Waals surface area contributed by atoms with E-state index in [2.05, 4.69) is 15.3 Å². The van der Waals surface area contributed by atoms with Gasteiger partial charge in [-0.25, -0.2) is 0 Å². The van der Waals surface area contributed by atoms with Gasteiger partial charge in [0, 0.05) is 5.56 Å². The maximum Gasteiger partial charge on any atom is 0.387 e. The predicted molar refractivity (Wildman–Crippen MR) is 86.6 cm³/mol. The summed E-state index contributed by atoms with van der Waals surface area (Å²) in [6, 6.07) is 8.40. The number of hydrazone groups is 1. The fraction of sp³-hybridized carbons (Fsp3) is 0.125. The molecule has 0 saturated carbocycles. The summed E-state index contributed by atoms with van der Waals surface area (Å²) in [6.45, 7) is -3.04. The zero-order valence-electron chi connectivity index (χ0n) is 12.8. The molecular weight excluding hydrogens is 358 g/mol. The van der Waals surface area contributed by atoms with Crippen LogP contribution in [0.4, 0.5) is 14.5 Å². The number of benzene rings is 2. The van der Waals surface area contributed by atoms with Gasteiger partial charge in [-0.3, -0.25) is 5.43 Å². The van der Waals surface area contributed by atoms with Crippen LogP contribution in [0.25, 0.3) is 0 Å². The fourth-order valence-electron chi connectivity index (χ4n) is 1.92. The summed E-state index contributed by atoms with van der Waals surface area (Å²) in [4.78, 5) is 10.9. The van der Waals surface area contributed by atoms with Crippen molar-refractivity contribution in [3.05, 3.63) is 52.5 Å². The lowest BCUT2D eigenvalue weighted by atomic mass is 10.2. The van der Waals surface area contributed by atoms with E-state index in [4.69, 9.17) is 16.3 Å². The van der Waals surface area contributed by atoms with E-state index in [0.717, 1.165) is 0 Å². The van der Waals surface area contributed by atoms with Gasteiger partial charge in [-0.1, -0.05) is 23.7 Å². The largest absolute Gasteiger partial charge is 0.545 e. The second-order valence-electron chi connectivity index (χ2n) is 4.61. The van der Waals surface area contributed by atoms with Crippen molar-refractivity contribution in [3.63, 3.8) is 0 Å². The standard InChI is InChI=1S/C16H13ClF2N2O4/c1-24-13-4-2-3-10(14(13)25-16(18)19)8-20-21-12-7-9(15(22)23)5-6-11(12)17/h2-8,16,21H,1H3,(H,22,23)/p-1/b20-8-. The van der Waals surface area contributed by atoms with Crippen molar-refractivity contribution >= 4 is 29.5 Å². The summed E-state index contributed by atoms with van der Waals surface area (Å²) >= 11 is 5.94. The molecule has 0 unspecified atom stereocenters. The molecule has 0 aliphatic heterocycles. The number of methoxy groups -OCH3 is 1. The highest BCUT2D eigenvalue weighted by Gasteiger charge is 2.14. The summed E-state index contributed by atoms with van der Waals surface area (Å²) in [5.74, 6) is -1.44. The van der Waals surface area contributed by atoms with Crippen molar-refractivity contribution in [2.75, 3.05) is 12.5 Å². The highest BCUT2D eigenvalue weighted by atomic mass is 35.5. The average molecular weight is 370 g/mol. The number of rotatable bonds is 7. The SMILES string of the molecule is COc1cccc(/C=N\Nc2cc(C(=O)[O-])ccc2Cl)c1OC(F)F. The lowest BCUT2D eigenvalue weighted by Crippen LogP contribution is -2.22. The molecule has 0 aliphatic carbocycles. The highest BCUT2D eigenvalue weighted by Crippen LogP contribution is 2.31. The Bertz CT molecular complexity index is 800. The Kier molecular flexibility index (Phi) is 6.13. The number of aromatic carboxylic acids is 1. The van der Waals surface area contributed by atoms with E-state index in [1.165, 1.54) is 43.7 Å². The van der Waals surface area contributed by atoms with Gasteiger partial charge in [-0.15, -0.1) is 0 Å². The third kappa shape index (κ3) is 4.80. The van der Waals surface area contributed by atoms with Gasteiger partial charge in [0.25, 0.3) is 0 Å². The molecule has 2 rings (SSSR count). The van der Waals surface area contributed by atoms with Gasteiger partial charge in [0.05, 0.1) is 30.0 Å². The van der Waals surface area contributed by atoms with Gasteiger partial charge in [-0.2, -0.15) is 13.9 Å². The number of para-hydroxylation sites is 1. The summed E-state index contributed by atoms with van der Waals surface area (Å²) in [6.07, 6.45) is 1.21. The molecule has 132 valence electrons. The van der Waals surface area contributed by atoms with E-state index in [1.807, 2.05) is 0 Å². The van der Waals surface area contributed by atoms with E-state index >= 15 is 0 Å². The Labute approximate surface area is 146 Å². The number of carbonyl (C=O) groups excluding carboxylic acids is 1. The first kappa shape index (κ1) is 18.5. The van der Waals surface area contributed by atoms with Crippen LogP contribution in [-0.2, 0) is 0 Å². The van der Waals surface area contributed by atoms with E-state index in [9.17, 15) is 18.7 Å². The van der Waals surface area contributed by atoms with Crippen LogP contribution >= 0.6 is 11.6 Å². The third-order valence-electron chi connectivity index (χ3n) is 3.03. The van der Waals surface area contributed by atoms with Crippen LogP contribution in [0.15, 0.2) is 41.5 Å². The highest BCUT2D eigenvalue weighted by molar-refractivity contribution is 6.33. The van der Waals surface area contributed by atoms with Crippen molar-refractivity contribution in [2.24, 2.45) is 5.10 Å². The number of carbonyl (C=O) groups is 1. The van der Waals surface area contributed by atoms with E-state index in [-0.39, 0.29) is 33.3 Å². The van der Waals surface area contributed by atoms with Gasteiger partial charge in [0.15, 0.2) is 11.5 Å². The minimum Gasteiger partial charge on any atom is -0.545 e. The molecule has 0 fully saturated rings. The number of hydrogen-bond acceptors (Lipinski definition) is 6. The summed E-state index contributed by atoms with van der Waals surface area (Å²) in [7, 11) is 1.32. The molecule has 0 amide bonds. The minimum atomic E-state index is -3.04. The van der Waals surface area contributed by atoms with Gasteiger partial charge in [-0.05, 0) is 29.8 Å². The predicted octanol–water partition coefficient (Wildman–Crippen LogP) is 2.76. The number of carboxylic acid groups (broad SMARTS) is 1. The Hall–Kier alpha value is -2.87. The van der Waals surface area contributed by atoms with Gasteiger partial charge in [0.2, 0.25) is 0 Å². The van der Waals surface area contributed by atoms with E-state index < -0.39 is 12.6 Å². The fourth-order valence-corrected chi connectivity index (χ4v) is 2.08. The summed E-state index contributed by atoms with van der Waals surface area (Å²) in [5, 5.41) is 14.9. The van der Waals surface area contributed by atoms with Crippen LogP contribution in [0.2, 0.25) is 5.02 Å². The van der Waals surface area contributed by atoms with E-state index in [0.29, 0.717) is 0 Å². The Morgan fingerprint density at radius 2 is 2.12 bits per heavy atom. The zero-order chi connectivity index (χ0) is 18.4. The number of nitrogens with one attached hydrogen (secondary N) is 1. The molecule has 0 saturated heterocycles.